The Morgan fingerprint density at radius 3 is 2.37 bits per heavy atom. The number of benzene rings is 2. The number of nitro groups is 1. The van der Waals surface area contributed by atoms with Gasteiger partial charge in [0.05, 0.1) is 23.0 Å². The zero-order valence-electron chi connectivity index (χ0n) is 22.6. The lowest BCUT2D eigenvalue weighted by Gasteiger charge is -2.48. The van der Waals surface area contributed by atoms with Gasteiger partial charge >= 0.3 is 5.97 Å². The first-order valence-electron chi connectivity index (χ1n) is 12.7. The number of esters is 1. The molecule has 202 valence electrons. The molecule has 2 aromatic carbocycles. The van der Waals surface area contributed by atoms with Crippen LogP contribution in [-0.2, 0) is 25.4 Å². The minimum atomic E-state index is -2.09. The van der Waals surface area contributed by atoms with Crippen LogP contribution in [0.3, 0.4) is 0 Å². The number of nitro benzene ring substituents is 1. The van der Waals surface area contributed by atoms with E-state index in [-0.39, 0.29) is 47.0 Å². The van der Waals surface area contributed by atoms with Crippen molar-refractivity contribution in [2.75, 3.05) is 0 Å². The van der Waals surface area contributed by atoms with Crippen molar-refractivity contribution in [3.63, 3.8) is 0 Å². The maximum Gasteiger partial charge on any atom is 0.356 e. The molecule has 0 saturated carbocycles. The molecule has 1 amide bonds. The summed E-state index contributed by atoms with van der Waals surface area (Å²) >= 11 is 1.47. The number of rotatable bonds is 9. The molecule has 0 aromatic heterocycles. The maximum atomic E-state index is 13.5. The van der Waals surface area contributed by atoms with Gasteiger partial charge in [0.15, 0.2) is 8.32 Å². The van der Waals surface area contributed by atoms with Gasteiger partial charge in [-0.1, -0.05) is 50.7 Å². The Hall–Kier alpha value is -2.95. The highest BCUT2D eigenvalue weighted by atomic mass is 32.2. The second kappa shape index (κ2) is 10.7. The Morgan fingerprint density at radius 1 is 1.16 bits per heavy atom. The normalized spacial score (nSPS) is 20.2. The molecule has 0 N–H and O–H groups in total. The molecule has 38 heavy (non-hydrogen) atoms. The average molecular weight is 555 g/mol. The van der Waals surface area contributed by atoms with E-state index in [4.69, 9.17) is 9.16 Å². The van der Waals surface area contributed by atoms with E-state index in [0.717, 1.165) is 9.80 Å². The highest BCUT2D eigenvalue weighted by Gasteiger charge is 2.58. The number of carbonyl (C=O) groups excluding carboxylic acids is 2. The lowest BCUT2D eigenvalue weighted by molar-refractivity contribution is -0.384. The molecular weight excluding hydrogens is 520 g/mol. The summed E-state index contributed by atoms with van der Waals surface area (Å²) < 4.78 is 12.2. The summed E-state index contributed by atoms with van der Waals surface area (Å²) in [6, 6.07) is 15.4. The number of carbonyl (C=O) groups is 2. The van der Waals surface area contributed by atoms with Crippen LogP contribution in [0.2, 0.25) is 18.1 Å². The van der Waals surface area contributed by atoms with Crippen LogP contribution in [0.5, 0.6) is 0 Å². The van der Waals surface area contributed by atoms with Crippen molar-refractivity contribution in [3.05, 3.63) is 80.9 Å². The fourth-order valence-corrected chi connectivity index (χ4v) is 7.11. The number of fused-ring (bicyclic) bond motifs is 1. The molecule has 1 saturated heterocycles. The molecule has 0 spiro atoms. The summed E-state index contributed by atoms with van der Waals surface area (Å²) in [5.74, 6) is -1.02. The second-order valence-electron chi connectivity index (χ2n) is 11.3. The molecule has 2 aliphatic heterocycles. The van der Waals surface area contributed by atoms with Crippen molar-refractivity contribution in [1.29, 1.82) is 0 Å². The number of β-lactam (4-membered cyclic amide) rings is 1. The summed E-state index contributed by atoms with van der Waals surface area (Å²) in [7, 11) is -2.09. The second-order valence-corrected chi connectivity index (χ2v) is 17.2. The molecular formula is C28H34N2O6SSi. The zero-order chi connectivity index (χ0) is 27.8. The molecule has 2 aliphatic rings. The molecule has 3 atom stereocenters. The number of thioether (sulfide) groups is 1. The van der Waals surface area contributed by atoms with Crippen LogP contribution in [0.15, 0.2) is 70.1 Å². The first-order chi connectivity index (χ1) is 17.8. The summed E-state index contributed by atoms with van der Waals surface area (Å²) in [4.78, 5) is 40.6. The van der Waals surface area contributed by atoms with Gasteiger partial charge in [0.2, 0.25) is 5.91 Å². The molecule has 4 rings (SSSR count). The largest absolute Gasteiger partial charge is 0.456 e. The molecule has 0 unspecified atom stereocenters. The molecule has 8 nitrogen and oxygen atoms in total. The van der Waals surface area contributed by atoms with Crippen LogP contribution < -0.4 is 0 Å². The monoisotopic (exact) mass is 554 g/mol. The van der Waals surface area contributed by atoms with Crippen LogP contribution in [0.4, 0.5) is 5.69 Å². The first kappa shape index (κ1) is 28.1. The summed E-state index contributed by atoms with van der Waals surface area (Å²) in [5.41, 5.74) is 0.876. The minimum absolute atomic E-state index is 0.0167. The van der Waals surface area contributed by atoms with Gasteiger partial charge in [0, 0.05) is 28.4 Å². The number of amides is 1. The molecule has 2 heterocycles. The number of hydrogen-bond donors (Lipinski definition) is 0. The molecule has 1 fully saturated rings. The third-order valence-corrected chi connectivity index (χ3v) is 13.3. The van der Waals surface area contributed by atoms with Gasteiger partial charge in [-0.25, -0.2) is 4.79 Å². The summed E-state index contributed by atoms with van der Waals surface area (Å²) in [6.07, 6.45) is 0.298. The van der Waals surface area contributed by atoms with E-state index >= 15 is 0 Å². The maximum absolute atomic E-state index is 13.5. The topological polar surface area (TPSA) is 99.0 Å². The Morgan fingerprint density at radius 2 is 1.79 bits per heavy atom. The number of ether oxygens (including phenoxy) is 1. The molecule has 10 heteroatoms. The van der Waals surface area contributed by atoms with Crippen molar-refractivity contribution in [2.24, 2.45) is 5.92 Å². The van der Waals surface area contributed by atoms with Gasteiger partial charge in [-0.3, -0.25) is 14.9 Å². The third-order valence-electron chi connectivity index (χ3n) is 7.66. The smallest absolute Gasteiger partial charge is 0.356 e. The quantitative estimate of drug-likeness (QED) is 0.118. The number of nitrogens with zero attached hydrogens (tertiary/aromatic N) is 2. The lowest BCUT2D eigenvalue weighted by atomic mass is 9.83. The van der Waals surface area contributed by atoms with Crippen LogP contribution in [0, 0.1) is 16.0 Å². The van der Waals surface area contributed by atoms with Crippen molar-refractivity contribution < 1.29 is 23.7 Å². The van der Waals surface area contributed by atoms with Crippen LogP contribution in [0.1, 0.15) is 39.7 Å². The van der Waals surface area contributed by atoms with Gasteiger partial charge in [0.1, 0.15) is 12.3 Å². The van der Waals surface area contributed by atoms with Crippen LogP contribution in [-0.4, -0.2) is 42.2 Å². The van der Waals surface area contributed by atoms with E-state index in [9.17, 15) is 19.7 Å². The zero-order valence-corrected chi connectivity index (χ0v) is 24.4. The van der Waals surface area contributed by atoms with Crippen LogP contribution >= 0.6 is 11.8 Å². The van der Waals surface area contributed by atoms with Gasteiger partial charge < -0.3 is 14.1 Å². The minimum Gasteiger partial charge on any atom is -0.456 e. The van der Waals surface area contributed by atoms with Crippen molar-refractivity contribution >= 4 is 37.6 Å². The van der Waals surface area contributed by atoms with E-state index in [2.05, 4.69) is 33.9 Å². The SMILES string of the molecule is C[C@@H](O[Si](C)(C)C(C)(C)C)[C@H]1C(=O)N2C(C(=O)OCc3ccc([N+](=O)[O-])cc3)=C(Sc3ccccc3)C[C@@H]12. The van der Waals surface area contributed by atoms with E-state index in [1.807, 2.05) is 37.3 Å². The first-order valence-corrected chi connectivity index (χ1v) is 16.4. The van der Waals surface area contributed by atoms with Gasteiger partial charge in [-0.05, 0) is 54.9 Å². The van der Waals surface area contributed by atoms with Gasteiger partial charge in [-0.15, -0.1) is 0 Å². The summed E-state index contributed by atoms with van der Waals surface area (Å²) in [5, 5.41) is 10.9. The highest BCUT2D eigenvalue weighted by Crippen LogP contribution is 2.50. The number of non-ortho nitro benzene ring substituents is 1. The van der Waals surface area contributed by atoms with Crippen molar-refractivity contribution in [1.82, 2.24) is 4.90 Å². The highest BCUT2D eigenvalue weighted by molar-refractivity contribution is 8.03. The fraction of sp³-hybridized carbons (Fsp3) is 0.429. The van der Waals surface area contributed by atoms with Gasteiger partial charge in [0.25, 0.3) is 5.69 Å². The van der Waals surface area contributed by atoms with Crippen LogP contribution in [0.25, 0.3) is 0 Å². The Kier molecular flexibility index (Phi) is 7.88. The predicted octanol–water partition coefficient (Wildman–Crippen LogP) is 6.28. The molecule has 0 radical (unpaired) electrons. The molecule has 2 aromatic rings. The predicted molar refractivity (Wildman–Crippen MR) is 149 cm³/mol. The third kappa shape index (κ3) is 5.57. The molecule has 0 bridgehead atoms. The standard InChI is InChI=1S/C28H34N2O6SSi/c1-18(36-38(5,6)28(2,3)4)24-22-16-23(37-21-10-8-7-9-11-21)25(29(22)26(24)31)27(32)35-17-19-12-14-20(15-13-19)30(33)34/h7-15,18,22,24H,16-17H2,1-6H3/t18-,22+,24-/m1/s1. The van der Waals surface area contributed by atoms with E-state index in [1.54, 1.807) is 17.0 Å². The number of hydrogen-bond acceptors (Lipinski definition) is 7. The van der Waals surface area contributed by atoms with E-state index in [0.29, 0.717) is 12.0 Å². The Balaban J connectivity index is 1.53. The fourth-order valence-electron chi connectivity index (χ4n) is 4.57. The van der Waals surface area contributed by atoms with Gasteiger partial charge in [-0.2, -0.15) is 0 Å². The average Bonchev–Trinajstić information content (AvgIpc) is 3.16. The lowest BCUT2D eigenvalue weighted by Crippen LogP contribution is -2.63. The Bertz CT molecular complexity index is 1260. The Labute approximate surface area is 228 Å². The van der Waals surface area contributed by atoms with Crippen molar-refractivity contribution in [3.8, 4) is 0 Å². The van der Waals surface area contributed by atoms with E-state index in [1.165, 1.54) is 23.9 Å². The van der Waals surface area contributed by atoms with Crippen molar-refractivity contribution in [2.45, 2.75) is 75.9 Å². The summed E-state index contributed by atoms with van der Waals surface area (Å²) in [6.45, 7) is 12.8. The molecule has 0 aliphatic carbocycles. The van der Waals surface area contributed by atoms with E-state index < -0.39 is 19.2 Å².